The Kier molecular flexibility index (Phi) is 14.8. The molecule has 0 bridgehead atoms. The number of hydrogen-bond donors (Lipinski definition) is 0. The summed E-state index contributed by atoms with van der Waals surface area (Å²) in [6, 6.07) is 0. The van der Waals surface area contributed by atoms with Crippen LogP contribution in [0.5, 0.6) is 0 Å². The molecule has 0 spiro atoms. The summed E-state index contributed by atoms with van der Waals surface area (Å²) in [5, 5.41) is 0. The molecule has 3 aliphatic carbocycles. The van der Waals surface area contributed by atoms with Gasteiger partial charge in [-0.15, -0.1) is 0 Å². The van der Waals surface area contributed by atoms with Crippen LogP contribution in [0.25, 0.3) is 0 Å². The van der Waals surface area contributed by atoms with E-state index in [2.05, 4.69) is 20.8 Å². The Morgan fingerprint density at radius 3 is 1.62 bits per heavy atom. The van der Waals surface area contributed by atoms with Crippen LogP contribution in [0.4, 0.5) is 4.39 Å². The molecule has 0 aliphatic heterocycles. The minimum atomic E-state index is -0.495. The van der Waals surface area contributed by atoms with Crippen LogP contribution in [0.1, 0.15) is 121 Å². The van der Waals surface area contributed by atoms with Gasteiger partial charge in [-0.3, -0.25) is 0 Å². The predicted octanol–water partition coefficient (Wildman–Crippen LogP) is 8.26. The Balaban J connectivity index is -0.000000396. The van der Waals surface area contributed by atoms with E-state index >= 15 is 0 Å². The molecule has 0 amide bonds. The molecule has 2 heteroatoms. The molecule has 4 unspecified atom stereocenters. The van der Waals surface area contributed by atoms with E-state index in [0.717, 1.165) is 30.6 Å². The summed E-state index contributed by atoms with van der Waals surface area (Å²) in [6.07, 6.45) is 16.8. The standard InChI is InChI=1S/C13H23F.C9H18.C2H6.H2O.2H2/c1-10-7-12(9-13(14)8-10)11-5-3-2-4-6-11;1-8-4-3-5-9(2)7-6-8;1-2;;;/h10-13H,2-9H2,1H3;8-9H,3-7H2,1-2H3;1-2H3;1H2;2*1H/t;8-,9?;;;;/m.0..../s1. The summed E-state index contributed by atoms with van der Waals surface area (Å²) in [4.78, 5) is 0. The van der Waals surface area contributed by atoms with Gasteiger partial charge < -0.3 is 5.48 Å². The van der Waals surface area contributed by atoms with Crippen LogP contribution in [0.3, 0.4) is 0 Å². The lowest BCUT2D eigenvalue weighted by Crippen LogP contribution is -2.28. The zero-order valence-corrected chi connectivity index (χ0v) is 18.5. The monoisotopic (exact) mass is 376 g/mol. The van der Waals surface area contributed by atoms with E-state index in [1.807, 2.05) is 13.8 Å². The van der Waals surface area contributed by atoms with Crippen LogP contribution in [0.2, 0.25) is 0 Å². The molecule has 0 heterocycles. The average molecular weight is 377 g/mol. The second-order valence-corrected chi connectivity index (χ2v) is 9.29. The maximum Gasteiger partial charge on any atom is 0.101 e. The maximum absolute atomic E-state index is 13.4. The first-order valence-electron chi connectivity index (χ1n) is 11.7. The molecule has 0 aromatic rings. The van der Waals surface area contributed by atoms with Gasteiger partial charge in [0.2, 0.25) is 0 Å². The Bertz CT molecular complexity index is 304. The molecule has 3 aliphatic rings. The molecular weight excluding hydrogens is 323 g/mol. The largest absolute Gasteiger partial charge is 0.412 e. The molecule has 2 N–H and O–H groups in total. The smallest absolute Gasteiger partial charge is 0.101 e. The molecule has 5 atom stereocenters. The molecule has 0 radical (unpaired) electrons. The van der Waals surface area contributed by atoms with Gasteiger partial charge in [0.1, 0.15) is 6.17 Å². The van der Waals surface area contributed by atoms with E-state index in [1.165, 1.54) is 70.6 Å². The molecule has 0 saturated heterocycles. The van der Waals surface area contributed by atoms with E-state index in [4.69, 9.17) is 0 Å². The second-order valence-electron chi connectivity index (χ2n) is 9.29. The first kappa shape index (κ1) is 25.9. The topological polar surface area (TPSA) is 31.5 Å². The lowest BCUT2D eigenvalue weighted by molar-refractivity contribution is 0.101. The van der Waals surface area contributed by atoms with Crippen molar-refractivity contribution in [3.63, 3.8) is 0 Å². The Morgan fingerprint density at radius 2 is 1.12 bits per heavy atom. The highest BCUT2D eigenvalue weighted by molar-refractivity contribution is 4.82. The van der Waals surface area contributed by atoms with Crippen LogP contribution in [-0.2, 0) is 0 Å². The quantitative estimate of drug-likeness (QED) is 0.412. The summed E-state index contributed by atoms with van der Waals surface area (Å²) in [5.41, 5.74) is 0. The summed E-state index contributed by atoms with van der Waals surface area (Å²) < 4.78 is 13.4. The molecular formula is C24H53FO. The van der Waals surface area contributed by atoms with Crippen molar-refractivity contribution in [1.82, 2.24) is 0 Å². The van der Waals surface area contributed by atoms with Gasteiger partial charge in [-0.25, -0.2) is 4.39 Å². The highest BCUT2D eigenvalue weighted by Crippen LogP contribution is 2.40. The van der Waals surface area contributed by atoms with Crippen molar-refractivity contribution in [2.75, 3.05) is 0 Å². The summed E-state index contributed by atoms with van der Waals surface area (Å²) in [6.45, 7) is 11.0. The van der Waals surface area contributed by atoms with E-state index in [-0.39, 0.29) is 8.33 Å². The molecule has 1 nitrogen and oxygen atoms in total. The van der Waals surface area contributed by atoms with Gasteiger partial charge in [0.05, 0.1) is 0 Å². The lowest BCUT2D eigenvalue weighted by atomic mass is 9.70. The molecule has 3 saturated carbocycles. The zero-order chi connectivity index (χ0) is 18.7. The Morgan fingerprint density at radius 1 is 0.577 bits per heavy atom. The first-order chi connectivity index (χ1) is 12.0. The van der Waals surface area contributed by atoms with Crippen LogP contribution in [-0.4, -0.2) is 11.6 Å². The fourth-order valence-electron chi connectivity index (χ4n) is 5.23. The van der Waals surface area contributed by atoms with Crippen molar-refractivity contribution in [2.24, 2.45) is 29.6 Å². The normalized spacial score (nSPS) is 35.5. The number of alkyl halides is 1. The van der Waals surface area contributed by atoms with Crippen LogP contribution in [0.15, 0.2) is 0 Å². The van der Waals surface area contributed by atoms with Gasteiger partial charge in [-0.1, -0.05) is 98.8 Å². The second kappa shape index (κ2) is 14.9. The molecule has 0 aromatic carbocycles. The van der Waals surface area contributed by atoms with E-state index in [1.54, 1.807) is 0 Å². The van der Waals surface area contributed by atoms with Crippen molar-refractivity contribution < 1.29 is 12.7 Å². The lowest BCUT2D eigenvalue weighted by Gasteiger charge is -2.36. The zero-order valence-electron chi connectivity index (χ0n) is 18.5. The van der Waals surface area contributed by atoms with Crippen molar-refractivity contribution in [3.8, 4) is 0 Å². The van der Waals surface area contributed by atoms with Crippen molar-refractivity contribution >= 4 is 0 Å². The molecule has 3 fully saturated rings. The van der Waals surface area contributed by atoms with E-state index in [9.17, 15) is 4.39 Å². The van der Waals surface area contributed by atoms with Crippen LogP contribution < -0.4 is 0 Å². The fraction of sp³-hybridized carbons (Fsp3) is 1.00. The molecule has 3 rings (SSSR count). The van der Waals surface area contributed by atoms with Gasteiger partial charge in [-0.05, 0) is 48.9 Å². The summed E-state index contributed by atoms with van der Waals surface area (Å²) in [7, 11) is 0. The summed E-state index contributed by atoms with van der Waals surface area (Å²) >= 11 is 0. The van der Waals surface area contributed by atoms with Crippen molar-refractivity contribution in [3.05, 3.63) is 0 Å². The maximum atomic E-state index is 13.4. The minimum absolute atomic E-state index is 0. The summed E-state index contributed by atoms with van der Waals surface area (Å²) in [5.74, 6) is 4.23. The molecule has 162 valence electrons. The van der Waals surface area contributed by atoms with Gasteiger partial charge in [-0.2, -0.15) is 0 Å². The minimum Gasteiger partial charge on any atom is -0.412 e. The Hall–Kier alpha value is -0.110. The van der Waals surface area contributed by atoms with Crippen LogP contribution in [0, 0.1) is 29.6 Å². The third kappa shape index (κ3) is 10.3. The van der Waals surface area contributed by atoms with Gasteiger partial charge in [0.25, 0.3) is 0 Å². The number of rotatable bonds is 1. The van der Waals surface area contributed by atoms with Gasteiger partial charge >= 0.3 is 0 Å². The predicted molar refractivity (Wildman–Crippen MR) is 119 cm³/mol. The SMILES string of the molecule is CC.CC1CC(F)CC(C2CCCCC2)C1.CC1CCC[C@H](C)CC1.O.[HH].[HH]. The third-order valence-corrected chi connectivity index (χ3v) is 6.78. The van der Waals surface area contributed by atoms with Crippen molar-refractivity contribution in [2.45, 2.75) is 124 Å². The van der Waals surface area contributed by atoms with E-state index < -0.39 is 6.17 Å². The number of halogens is 1. The third-order valence-electron chi connectivity index (χ3n) is 6.78. The van der Waals surface area contributed by atoms with Gasteiger partial charge in [0.15, 0.2) is 0 Å². The average Bonchev–Trinajstić information content (AvgIpc) is 2.81. The van der Waals surface area contributed by atoms with E-state index in [0.29, 0.717) is 11.8 Å². The molecule has 0 aromatic heterocycles. The Labute approximate surface area is 167 Å². The van der Waals surface area contributed by atoms with Crippen LogP contribution >= 0.6 is 0 Å². The van der Waals surface area contributed by atoms with Gasteiger partial charge in [0, 0.05) is 2.85 Å². The van der Waals surface area contributed by atoms with Crippen molar-refractivity contribution in [1.29, 1.82) is 0 Å². The number of hydrogen-bond acceptors (Lipinski definition) is 0. The fourth-order valence-corrected chi connectivity index (χ4v) is 5.23. The highest BCUT2D eigenvalue weighted by atomic mass is 19.1. The highest BCUT2D eigenvalue weighted by Gasteiger charge is 2.32. The molecule has 26 heavy (non-hydrogen) atoms. The first-order valence-corrected chi connectivity index (χ1v) is 11.7.